The lowest BCUT2D eigenvalue weighted by Gasteiger charge is -2.40. The maximum atomic E-state index is 11.0. The maximum Gasteiger partial charge on any atom is 0.264 e. The van der Waals surface area contributed by atoms with Crippen LogP contribution in [-0.2, 0) is 23.8 Å². The van der Waals surface area contributed by atoms with Gasteiger partial charge < -0.3 is 24.8 Å². The highest BCUT2D eigenvalue weighted by Gasteiger charge is 2.46. The summed E-state index contributed by atoms with van der Waals surface area (Å²) in [5, 5.41) is 28.1. The Kier molecular flexibility index (Phi) is 4.84. The van der Waals surface area contributed by atoms with Gasteiger partial charge in [-0.05, 0) is 0 Å². The Hall–Kier alpha value is -0.290. The van der Waals surface area contributed by atoms with E-state index in [4.69, 9.17) is 14.6 Å². The third-order valence-electron chi connectivity index (χ3n) is 2.34. The topological polar surface area (TPSA) is 123 Å². The lowest BCUT2D eigenvalue weighted by molar-refractivity contribution is -0.287. The Balaban J connectivity index is 2.87. The second-order valence-corrected chi connectivity index (χ2v) is 5.31. The molecule has 0 bridgehead atoms. The van der Waals surface area contributed by atoms with Crippen LogP contribution in [0.5, 0.6) is 0 Å². The molecule has 1 aliphatic rings. The zero-order valence-electron chi connectivity index (χ0n) is 9.38. The quantitative estimate of drug-likeness (QED) is 0.477. The number of ether oxygens (including phenoxy) is 2. The molecule has 17 heavy (non-hydrogen) atoms. The molecule has 1 rings (SSSR count). The molecule has 0 unspecified atom stereocenters. The van der Waals surface area contributed by atoms with Gasteiger partial charge in [-0.25, -0.2) is 0 Å². The van der Waals surface area contributed by atoms with Crippen molar-refractivity contribution in [2.75, 3.05) is 20.0 Å². The Morgan fingerprint density at radius 3 is 2.29 bits per heavy atom. The first kappa shape index (κ1) is 14.8. The van der Waals surface area contributed by atoms with E-state index in [-0.39, 0.29) is 0 Å². The Morgan fingerprint density at radius 2 is 1.88 bits per heavy atom. The molecule has 0 aromatic heterocycles. The van der Waals surface area contributed by atoms with Crippen LogP contribution in [0.15, 0.2) is 0 Å². The van der Waals surface area contributed by atoms with Gasteiger partial charge in [0.2, 0.25) is 0 Å². The summed E-state index contributed by atoms with van der Waals surface area (Å²) in [5.41, 5.74) is 0. The predicted molar refractivity (Wildman–Crippen MR) is 54.5 cm³/mol. The highest BCUT2D eigenvalue weighted by molar-refractivity contribution is 7.86. The molecule has 9 heteroatoms. The van der Waals surface area contributed by atoms with Crippen molar-refractivity contribution in [1.82, 2.24) is 0 Å². The van der Waals surface area contributed by atoms with Crippen molar-refractivity contribution in [2.45, 2.75) is 30.7 Å². The van der Waals surface area contributed by atoms with Gasteiger partial charge in [-0.15, -0.1) is 0 Å². The van der Waals surface area contributed by atoms with Crippen molar-refractivity contribution < 1.29 is 37.4 Å². The van der Waals surface area contributed by atoms with Crippen LogP contribution in [0, 0.1) is 0 Å². The first-order valence-electron chi connectivity index (χ1n) is 4.83. The number of rotatable bonds is 4. The Morgan fingerprint density at radius 1 is 1.29 bits per heavy atom. The van der Waals surface area contributed by atoms with Gasteiger partial charge in [0.05, 0.1) is 12.9 Å². The number of hydrogen-bond donors (Lipinski definition) is 3. The van der Waals surface area contributed by atoms with Gasteiger partial charge in [-0.3, -0.25) is 4.18 Å². The van der Waals surface area contributed by atoms with Gasteiger partial charge >= 0.3 is 0 Å². The fourth-order valence-electron chi connectivity index (χ4n) is 1.55. The van der Waals surface area contributed by atoms with Crippen LogP contribution < -0.4 is 0 Å². The van der Waals surface area contributed by atoms with Crippen molar-refractivity contribution in [2.24, 2.45) is 0 Å². The van der Waals surface area contributed by atoms with Crippen LogP contribution in [0.3, 0.4) is 0 Å². The van der Waals surface area contributed by atoms with Gasteiger partial charge in [0.25, 0.3) is 10.1 Å². The third-order valence-corrected chi connectivity index (χ3v) is 2.91. The summed E-state index contributed by atoms with van der Waals surface area (Å²) < 4.78 is 36.4. The fourth-order valence-corrected chi connectivity index (χ4v) is 2.16. The maximum absolute atomic E-state index is 11.0. The number of hydrogen-bond acceptors (Lipinski definition) is 8. The molecule has 0 radical (unpaired) electrons. The lowest BCUT2D eigenvalue weighted by atomic mass is 9.99. The molecule has 0 amide bonds. The SMILES string of the molecule is CO[C@@H]1O[C@H](CO)[C@@H](O)[C@H](O)[C@H]1OS(C)(=O)=O. The molecule has 1 saturated heterocycles. The van der Waals surface area contributed by atoms with Crippen LogP contribution >= 0.6 is 0 Å². The van der Waals surface area contributed by atoms with Crippen LogP contribution in [0.2, 0.25) is 0 Å². The van der Waals surface area contributed by atoms with Gasteiger partial charge in [0, 0.05) is 7.11 Å². The number of methoxy groups -OCH3 is 1. The van der Waals surface area contributed by atoms with E-state index in [0.29, 0.717) is 0 Å². The van der Waals surface area contributed by atoms with Crippen LogP contribution in [0.25, 0.3) is 0 Å². The molecule has 0 spiro atoms. The summed E-state index contributed by atoms with van der Waals surface area (Å²) in [7, 11) is -2.62. The summed E-state index contributed by atoms with van der Waals surface area (Å²) in [5.74, 6) is 0. The van der Waals surface area contributed by atoms with E-state index in [9.17, 15) is 18.6 Å². The number of aliphatic hydroxyl groups excluding tert-OH is 3. The second kappa shape index (κ2) is 5.57. The number of aliphatic hydroxyl groups is 3. The first-order chi connectivity index (χ1) is 7.80. The highest BCUT2D eigenvalue weighted by Crippen LogP contribution is 2.24. The minimum Gasteiger partial charge on any atom is -0.394 e. The van der Waals surface area contributed by atoms with E-state index >= 15 is 0 Å². The van der Waals surface area contributed by atoms with Gasteiger partial charge in [-0.2, -0.15) is 8.42 Å². The zero-order chi connectivity index (χ0) is 13.2. The molecule has 0 aromatic carbocycles. The molecule has 1 heterocycles. The molecule has 0 aliphatic carbocycles. The van der Waals surface area contributed by atoms with Gasteiger partial charge in [0.15, 0.2) is 12.4 Å². The molecular weight excluding hydrogens is 256 g/mol. The van der Waals surface area contributed by atoms with E-state index in [1.165, 1.54) is 7.11 Å². The van der Waals surface area contributed by atoms with Crippen molar-refractivity contribution in [1.29, 1.82) is 0 Å². The minimum absolute atomic E-state index is 0.538. The van der Waals surface area contributed by atoms with E-state index < -0.39 is 47.4 Å². The summed E-state index contributed by atoms with van der Waals surface area (Å²) in [6, 6.07) is 0. The van der Waals surface area contributed by atoms with Crippen molar-refractivity contribution in [3.05, 3.63) is 0 Å². The largest absolute Gasteiger partial charge is 0.394 e. The summed E-state index contributed by atoms with van der Waals surface area (Å²) in [4.78, 5) is 0. The zero-order valence-corrected chi connectivity index (χ0v) is 10.2. The van der Waals surface area contributed by atoms with E-state index in [2.05, 4.69) is 4.18 Å². The van der Waals surface area contributed by atoms with Crippen LogP contribution in [0.4, 0.5) is 0 Å². The molecule has 1 fully saturated rings. The van der Waals surface area contributed by atoms with Crippen LogP contribution in [0.1, 0.15) is 0 Å². The first-order valence-corrected chi connectivity index (χ1v) is 6.65. The van der Waals surface area contributed by atoms with Crippen molar-refractivity contribution >= 4 is 10.1 Å². The van der Waals surface area contributed by atoms with Gasteiger partial charge in [-0.1, -0.05) is 0 Å². The van der Waals surface area contributed by atoms with Crippen molar-refractivity contribution in [3.63, 3.8) is 0 Å². The van der Waals surface area contributed by atoms with E-state index in [1.807, 2.05) is 0 Å². The summed E-state index contributed by atoms with van der Waals surface area (Å²) >= 11 is 0. The molecule has 1 aliphatic heterocycles. The minimum atomic E-state index is -3.84. The Labute approximate surface area is 98.8 Å². The predicted octanol–water partition coefficient (Wildman–Crippen LogP) is -2.58. The second-order valence-electron chi connectivity index (χ2n) is 3.71. The Bertz CT molecular complexity index is 339. The van der Waals surface area contributed by atoms with Crippen LogP contribution in [-0.4, -0.2) is 74.4 Å². The summed E-state index contributed by atoms with van der Waals surface area (Å²) in [6.45, 7) is -0.538. The fraction of sp³-hybridized carbons (Fsp3) is 1.00. The standard InChI is InChI=1S/C8H16O8S/c1-14-8-7(16-17(2,12)13)6(11)5(10)4(3-9)15-8/h4-11H,3H2,1-2H3/t4-,5-,6+,7-,8-/m1/s1. The molecule has 0 aromatic rings. The highest BCUT2D eigenvalue weighted by atomic mass is 32.2. The molecule has 102 valence electrons. The van der Waals surface area contributed by atoms with E-state index in [1.54, 1.807) is 0 Å². The average Bonchev–Trinajstić information content (AvgIpc) is 2.24. The average molecular weight is 272 g/mol. The molecular formula is C8H16O8S. The third kappa shape index (κ3) is 3.58. The molecule has 0 saturated carbocycles. The summed E-state index contributed by atoms with van der Waals surface area (Å²) in [6.07, 6.45) is -5.84. The molecule has 5 atom stereocenters. The smallest absolute Gasteiger partial charge is 0.264 e. The monoisotopic (exact) mass is 272 g/mol. The van der Waals surface area contributed by atoms with Gasteiger partial charge in [0.1, 0.15) is 18.3 Å². The van der Waals surface area contributed by atoms with E-state index in [0.717, 1.165) is 6.26 Å². The molecule has 8 nitrogen and oxygen atoms in total. The normalized spacial score (nSPS) is 39.2. The lowest BCUT2D eigenvalue weighted by Crippen LogP contribution is -2.60. The van der Waals surface area contributed by atoms with Crippen molar-refractivity contribution in [3.8, 4) is 0 Å². The molecule has 3 N–H and O–H groups in total.